The zero-order valence-corrected chi connectivity index (χ0v) is 14.2. The van der Waals surface area contributed by atoms with Gasteiger partial charge in [0.2, 0.25) is 5.69 Å². The van der Waals surface area contributed by atoms with Gasteiger partial charge in [-0.3, -0.25) is 4.98 Å². The monoisotopic (exact) mass is 325 g/mol. The van der Waals surface area contributed by atoms with Gasteiger partial charge in [-0.15, -0.1) is 0 Å². The number of hydrogen-bond acceptors (Lipinski definition) is 3. The van der Waals surface area contributed by atoms with Crippen LogP contribution in [-0.2, 0) is 5.41 Å². The maximum absolute atomic E-state index is 9.22. The molecule has 0 saturated heterocycles. The Morgan fingerprint density at radius 2 is 1.92 bits per heavy atom. The van der Waals surface area contributed by atoms with E-state index in [2.05, 4.69) is 36.7 Å². The lowest BCUT2D eigenvalue weighted by Crippen LogP contribution is -2.13. The van der Waals surface area contributed by atoms with Gasteiger partial charge in [0.25, 0.3) is 0 Å². The van der Waals surface area contributed by atoms with E-state index in [1.807, 2.05) is 28.8 Å². The molecule has 120 valence electrons. The number of fused-ring (bicyclic) bond motifs is 5. The van der Waals surface area contributed by atoms with Crippen molar-refractivity contribution in [3.8, 4) is 6.07 Å². The summed E-state index contributed by atoms with van der Waals surface area (Å²) in [5, 5.41) is 10.2. The number of benzene rings is 1. The van der Waals surface area contributed by atoms with Crippen LogP contribution >= 0.6 is 0 Å². The second-order valence-corrected chi connectivity index (χ2v) is 7.08. The molecule has 5 nitrogen and oxygen atoms in total. The van der Waals surface area contributed by atoms with Gasteiger partial charge in [0, 0.05) is 22.7 Å². The van der Waals surface area contributed by atoms with E-state index in [0.29, 0.717) is 16.8 Å². The molecule has 0 bridgehead atoms. The number of nitriles is 1. The van der Waals surface area contributed by atoms with E-state index in [1.165, 1.54) is 0 Å². The molecule has 4 aromatic rings. The molecule has 3 heterocycles. The van der Waals surface area contributed by atoms with Crippen LogP contribution in [0, 0.1) is 17.9 Å². The lowest BCUT2D eigenvalue weighted by atomic mass is 9.91. The molecule has 0 spiro atoms. The molecule has 4 rings (SSSR count). The molecule has 5 heteroatoms. The van der Waals surface area contributed by atoms with Gasteiger partial charge in [0.1, 0.15) is 5.65 Å². The topological polar surface area (TPSA) is 58.3 Å². The number of nitrogens with zero attached hydrogens (tertiary/aromatic N) is 5. The second-order valence-electron chi connectivity index (χ2n) is 7.08. The van der Waals surface area contributed by atoms with E-state index >= 15 is 0 Å². The summed E-state index contributed by atoms with van der Waals surface area (Å²) in [4.78, 5) is 12.9. The van der Waals surface area contributed by atoms with Gasteiger partial charge < -0.3 is 4.40 Å². The minimum absolute atomic E-state index is 0.0211. The summed E-state index contributed by atoms with van der Waals surface area (Å²) in [6.45, 7) is 13.7. The molecular formula is C20H15N5. The molecule has 0 unspecified atom stereocenters. The molecule has 0 atom stereocenters. The Labute approximate surface area is 145 Å². The van der Waals surface area contributed by atoms with Crippen LogP contribution in [0.1, 0.15) is 32.0 Å². The van der Waals surface area contributed by atoms with Gasteiger partial charge in [-0.05, 0) is 30.3 Å². The van der Waals surface area contributed by atoms with Crippen molar-refractivity contribution < 1.29 is 0 Å². The van der Waals surface area contributed by atoms with Crippen LogP contribution in [0.5, 0.6) is 0 Å². The fraction of sp³-hybridized carbons (Fsp3) is 0.200. The van der Waals surface area contributed by atoms with Crippen LogP contribution < -0.4 is 0 Å². The normalized spacial score (nSPS) is 11.7. The van der Waals surface area contributed by atoms with Gasteiger partial charge >= 0.3 is 0 Å². The van der Waals surface area contributed by atoms with Crippen molar-refractivity contribution in [3.63, 3.8) is 0 Å². The summed E-state index contributed by atoms with van der Waals surface area (Å²) in [6.07, 6.45) is 1.92. The first kappa shape index (κ1) is 15.1. The number of imidazole rings is 1. The zero-order chi connectivity index (χ0) is 17.8. The van der Waals surface area contributed by atoms with Gasteiger partial charge in [0.05, 0.1) is 34.8 Å². The Morgan fingerprint density at radius 3 is 2.60 bits per heavy atom. The number of aromatic nitrogens is 3. The average Bonchev–Trinajstić information content (AvgIpc) is 2.96. The smallest absolute Gasteiger partial charge is 0.206 e. The Bertz CT molecular complexity index is 1240. The van der Waals surface area contributed by atoms with E-state index in [0.717, 1.165) is 27.8 Å². The molecule has 3 aromatic heterocycles. The number of pyridine rings is 2. The highest BCUT2D eigenvalue weighted by molar-refractivity contribution is 5.97. The molecule has 0 amide bonds. The quantitative estimate of drug-likeness (QED) is 0.438. The Morgan fingerprint density at radius 1 is 1.12 bits per heavy atom. The van der Waals surface area contributed by atoms with E-state index in [4.69, 9.17) is 11.6 Å². The number of rotatable bonds is 0. The minimum atomic E-state index is -0.0211. The Kier molecular flexibility index (Phi) is 3.04. The first-order chi connectivity index (χ1) is 11.9. The maximum Gasteiger partial charge on any atom is 0.206 e. The lowest BCUT2D eigenvalue weighted by molar-refractivity contribution is 0.571. The third-order valence-electron chi connectivity index (χ3n) is 4.36. The largest absolute Gasteiger partial charge is 0.300 e. The first-order valence-electron chi connectivity index (χ1n) is 7.96. The molecule has 0 N–H and O–H groups in total. The highest BCUT2D eigenvalue weighted by Crippen LogP contribution is 2.30. The van der Waals surface area contributed by atoms with Crippen molar-refractivity contribution in [2.45, 2.75) is 26.2 Å². The van der Waals surface area contributed by atoms with Crippen molar-refractivity contribution in [1.29, 1.82) is 5.26 Å². The predicted molar refractivity (Wildman–Crippen MR) is 97.7 cm³/mol. The molecule has 0 saturated carbocycles. The molecule has 0 aliphatic heterocycles. The lowest BCUT2D eigenvalue weighted by Gasteiger charge is -2.18. The highest BCUT2D eigenvalue weighted by Gasteiger charge is 2.17. The van der Waals surface area contributed by atoms with E-state index in [1.54, 1.807) is 12.1 Å². The maximum atomic E-state index is 9.22. The molecular weight excluding hydrogens is 310 g/mol. The summed E-state index contributed by atoms with van der Waals surface area (Å²) in [7, 11) is 0. The van der Waals surface area contributed by atoms with Crippen LogP contribution in [-0.4, -0.2) is 14.4 Å². The van der Waals surface area contributed by atoms with Crippen LogP contribution in [0.3, 0.4) is 0 Å². The van der Waals surface area contributed by atoms with Crippen molar-refractivity contribution in [1.82, 2.24) is 14.4 Å². The molecule has 0 radical (unpaired) electrons. The minimum Gasteiger partial charge on any atom is -0.300 e. The van der Waals surface area contributed by atoms with E-state index < -0.39 is 0 Å². The number of hydrogen-bond donors (Lipinski definition) is 0. The predicted octanol–water partition coefficient (Wildman–Crippen LogP) is 4.76. The second kappa shape index (κ2) is 5.03. The highest BCUT2D eigenvalue weighted by atomic mass is 15.0. The SMILES string of the molecule is [C-]#[N+]c1cc2c(cc1C#N)nc1c3ccc(C(C)(C)C)nc3ccn21. The average molecular weight is 325 g/mol. The van der Waals surface area contributed by atoms with Gasteiger partial charge in [-0.2, -0.15) is 5.26 Å². The summed E-state index contributed by atoms with van der Waals surface area (Å²) in [6, 6.07) is 11.5. The standard InChI is InChI=1S/C20H15N5/c1-20(2,3)18-6-5-13-14(23-18)7-8-25-17-10-15(22-4)12(11-21)9-16(17)24-19(13)25/h5-10H,1-3H3. The third kappa shape index (κ3) is 2.21. The summed E-state index contributed by atoms with van der Waals surface area (Å²) >= 11 is 0. The summed E-state index contributed by atoms with van der Waals surface area (Å²) in [5.74, 6) is 0. The van der Waals surface area contributed by atoms with Gasteiger partial charge in [-0.25, -0.2) is 9.83 Å². The van der Waals surface area contributed by atoms with Gasteiger partial charge in [-0.1, -0.05) is 20.8 Å². The molecule has 0 fully saturated rings. The fourth-order valence-corrected chi connectivity index (χ4v) is 3.01. The molecule has 25 heavy (non-hydrogen) atoms. The third-order valence-corrected chi connectivity index (χ3v) is 4.36. The van der Waals surface area contributed by atoms with Crippen LogP contribution in [0.4, 0.5) is 5.69 Å². The van der Waals surface area contributed by atoms with Crippen LogP contribution in [0.25, 0.3) is 32.4 Å². The van der Waals surface area contributed by atoms with E-state index in [9.17, 15) is 5.26 Å². The zero-order valence-electron chi connectivity index (χ0n) is 14.2. The Hall–Kier alpha value is -3.44. The van der Waals surface area contributed by atoms with Crippen molar-refractivity contribution in [2.75, 3.05) is 0 Å². The van der Waals surface area contributed by atoms with Crippen molar-refractivity contribution in [2.24, 2.45) is 0 Å². The van der Waals surface area contributed by atoms with Crippen molar-refractivity contribution in [3.05, 3.63) is 59.2 Å². The van der Waals surface area contributed by atoms with Gasteiger partial charge in [0.15, 0.2) is 0 Å². The Balaban J connectivity index is 2.08. The first-order valence-corrected chi connectivity index (χ1v) is 7.96. The van der Waals surface area contributed by atoms with E-state index in [-0.39, 0.29) is 5.41 Å². The molecule has 1 aromatic carbocycles. The molecule has 0 aliphatic carbocycles. The summed E-state index contributed by atoms with van der Waals surface area (Å²) in [5.41, 5.74) is 4.90. The van der Waals surface area contributed by atoms with Crippen LogP contribution in [0.2, 0.25) is 0 Å². The van der Waals surface area contributed by atoms with Crippen LogP contribution in [0.15, 0.2) is 36.5 Å². The molecule has 0 aliphatic rings. The fourth-order valence-electron chi connectivity index (χ4n) is 3.01. The van der Waals surface area contributed by atoms with Crippen molar-refractivity contribution >= 4 is 33.3 Å². The summed E-state index contributed by atoms with van der Waals surface area (Å²) < 4.78 is 1.95.